The average molecular weight is 641 g/mol. The number of ether oxygens (including phenoxy) is 2. The van der Waals surface area contributed by atoms with E-state index in [4.69, 9.17) is 9.47 Å². The number of nitrogens with zero attached hydrogens (tertiary/aromatic N) is 1. The first-order valence-electron chi connectivity index (χ1n) is 15.9. The zero-order valence-electron chi connectivity index (χ0n) is 26.6. The summed E-state index contributed by atoms with van der Waals surface area (Å²) in [5, 5.41) is 8.10. The number of urea groups is 1. The van der Waals surface area contributed by atoms with Crippen LogP contribution < -0.4 is 25.4 Å². The van der Waals surface area contributed by atoms with Crippen LogP contribution in [0, 0.1) is 0 Å². The van der Waals surface area contributed by atoms with Crippen molar-refractivity contribution in [2.24, 2.45) is 0 Å². The lowest BCUT2D eigenvalue weighted by molar-refractivity contribution is -0.138. The lowest BCUT2D eigenvalue weighted by Gasteiger charge is -2.32. The number of unbranched alkanes of at least 4 members (excludes halogenated alkanes) is 1. The van der Waals surface area contributed by atoms with E-state index in [1.54, 1.807) is 24.3 Å². The van der Waals surface area contributed by atoms with Gasteiger partial charge in [-0.05, 0) is 105 Å². The van der Waals surface area contributed by atoms with Crippen LogP contribution in [0.1, 0.15) is 75.2 Å². The molecule has 3 N–H and O–H groups in total. The second kappa shape index (κ2) is 16.4. The minimum Gasteiger partial charge on any atom is -0.490 e. The number of likely N-dealkylation sites (tertiary alicyclic amines) is 1. The van der Waals surface area contributed by atoms with Gasteiger partial charge in [0.2, 0.25) is 0 Å². The molecule has 1 aliphatic rings. The van der Waals surface area contributed by atoms with Crippen molar-refractivity contribution in [3.63, 3.8) is 0 Å². The van der Waals surface area contributed by atoms with E-state index in [1.807, 2.05) is 13.8 Å². The largest absolute Gasteiger partial charge is 0.490 e. The zero-order valence-corrected chi connectivity index (χ0v) is 26.6. The highest BCUT2D eigenvalue weighted by molar-refractivity contribution is 6.04. The normalized spacial score (nSPS) is 14.2. The molecule has 1 fully saturated rings. The van der Waals surface area contributed by atoms with Gasteiger partial charge < -0.3 is 30.3 Å². The molecule has 0 aromatic heterocycles. The Labute approximate surface area is 268 Å². The molecule has 0 spiro atoms. The SMILES string of the molecule is CCCCN1CCC(Oc2ccc(C(=O)Nc3ccc(Oc4ccc(NC(=O)NC(CC)CC)cc4)c(C(F)(F)F)c3)cc2)CC1. The number of anilines is 2. The average Bonchev–Trinajstić information content (AvgIpc) is 3.04. The molecule has 1 aliphatic heterocycles. The molecule has 1 heterocycles. The summed E-state index contributed by atoms with van der Waals surface area (Å²) in [6.45, 7) is 9.24. The number of piperidine rings is 1. The van der Waals surface area contributed by atoms with E-state index in [0.29, 0.717) is 11.4 Å². The van der Waals surface area contributed by atoms with E-state index < -0.39 is 23.4 Å². The fourth-order valence-corrected chi connectivity index (χ4v) is 5.21. The van der Waals surface area contributed by atoms with Gasteiger partial charge in [0.05, 0.1) is 0 Å². The third-order valence-electron chi connectivity index (χ3n) is 7.99. The standard InChI is InChI=1S/C35H43F3N4O4/c1-4-7-20-42-21-18-30(19-22-42)45-28-13-8-24(9-14-28)33(43)39-27-12-17-32(31(23-27)35(36,37)38)46-29-15-10-26(11-16-29)41-34(44)40-25(5-2)6-3/h8-17,23,25,30H,4-7,18-22H2,1-3H3,(H,39,43)(H2,40,41,44). The van der Waals surface area contributed by atoms with Crippen LogP contribution >= 0.6 is 0 Å². The zero-order chi connectivity index (χ0) is 33.1. The van der Waals surface area contributed by atoms with Crippen molar-refractivity contribution in [3.05, 3.63) is 77.9 Å². The van der Waals surface area contributed by atoms with Gasteiger partial charge in [-0.15, -0.1) is 0 Å². The van der Waals surface area contributed by atoms with E-state index in [-0.39, 0.29) is 35.2 Å². The number of hydrogen-bond acceptors (Lipinski definition) is 5. The molecule has 0 bridgehead atoms. The maximum atomic E-state index is 14.0. The molecule has 0 saturated carbocycles. The van der Waals surface area contributed by atoms with Crippen molar-refractivity contribution in [2.75, 3.05) is 30.3 Å². The molecule has 248 valence electrons. The molecular weight excluding hydrogens is 597 g/mol. The summed E-state index contributed by atoms with van der Waals surface area (Å²) in [6.07, 6.45) is 1.20. The molecule has 3 aromatic carbocycles. The third kappa shape index (κ3) is 10.1. The van der Waals surface area contributed by atoms with Gasteiger partial charge in [-0.25, -0.2) is 4.79 Å². The van der Waals surface area contributed by atoms with Crippen LogP contribution in [0.3, 0.4) is 0 Å². The quantitative estimate of drug-likeness (QED) is 0.174. The highest BCUT2D eigenvalue weighted by Crippen LogP contribution is 2.40. The first kappa shape index (κ1) is 34.6. The van der Waals surface area contributed by atoms with Gasteiger partial charge >= 0.3 is 12.2 Å². The van der Waals surface area contributed by atoms with E-state index in [0.717, 1.165) is 57.5 Å². The van der Waals surface area contributed by atoms with E-state index in [9.17, 15) is 22.8 Å². The minimum absolute atomic E-state index is 0.0251. The van der Waals surface area contributed by atoms with Crippen molar-refractivity contribution in [1.82, 2.24) is 10.2 Å². The van der Waals surface area contributed by atoms with Gasteiger partial charge in [0.1, 0.15) is 28.9 Å². The molecule has 3 amide bonds. The number of hydrogen-bond donors (Lipinski definition) is 3. The predicted molar refractivity (Wildman–Crippen MR) is 174 cm³/mol. The summed E-state index contributed by atoms with van der Waals surface area (Å²) >= 11 is 0. The Hall–Kier alpha value is -4.25. The van der Waals surface area contributed by atoms with Crippen molar-refractivity contribution in [2.45, 2.75) is 77.6 Å². The molecule has 1 saturated heterocycles. The lowest BCUT2D eigenvalue weighted by Crippen LogP contribution is -2.38. The van der Waals surface area contributed by atoms with Gasteiger partial charge in [-0.2, -0.15) is 13.2 Å². The highest BCUT2D eigenvalue weighted by atomic mass is 19.4. The number of nitrogens with one attached hydrogen (secondary N) is 3. The molecule has 11 heteroatoms. The topological polar surface area (TPSA) is 91.9 Å². The lowest BCUT2D eigenvalue weighted by atomic mass is 10.1. The molecule has 3 aromatic rings. The Morgan fingerprint density at radius 1 is 0.870 bits per heavy atom. The smallest absolute Gasteiger partial charge is 0.420 e. The maximum absolute atomic E-state index is 14.0. The number of carbonyl (C=O) groups excluding carboxylic acids is 2. The van der Waals surface area contributed by atoms with Crippen molar-refractivity contribution in [1.29, 1.82) is 0 Å². The summed E-state index contributed by atoms with van der Waals surface area (Å²) in [4.78, 5) is 27.5. The Morgan fingerprint density at radius 3 is 2.11 bits per heavy atom. The van der Waals surface area contributed by atoms with Gasteiger partial charge in [0.15, 0.2) is 0 Å². The Morgan fingerprint density at radius 2 is 1.50 bits per heavy atom. The summed E-state index contributed by atoms with van der Waals surface area (Å²) in [5.74, 6) is -0.167. The van der Waals surface area contributed by atoms with Gasteiger partial charge in [0.25, 0.3) is 5.91 Å². The Kier molecular flexibility index (Phi) is 12.3. The van der Waals surface area contributed by atoms with Crippen LogP contribution in [-0.4, -0.2) is 48.6 Å². The summed E-state index contributed by atoms with van der Waals surface area (Å²) in [6, 6.07) is 15.6. The van der Waals surface area contributed by atoms with Gasteiger partial charge in [-0.3, -0.25) is 4.79 Å². The number of carbonyl (C=O) groups is 2. The molecule has 46 heavy (non-hydrogen) atoms. The number of alkyl halides is 3. The van der Waals surface area contributed by atoms with Gasteiger partial charge in [-0.1, -0.05) is 27.2 Å². The third-order valence-corrected chi connectivity index (χ3v) is 7.99. The number of halogens is 3. The summed E-state index contributed by atoms with van der Waals surface area (Å²) < 4.78 is 53.7. The second-order valence-electron chi connectivity index (χ2n) is 11.4. The molecule has 8 nitrogen and oxygen atoms in total. The van der Waals surface area contributed by atoms with Crippen LogP contribution in [0.2, 0.25) is 0 Å². The van der Waals surface area contributed by atoms with Crippen LogP contribution in [0.25, 0.3) is 0 Å². The van der Waals surface area contributed by atoms with Gasteiger partial charge in [0, 0.05) is 36.1 Å². The molecular formula is C35H43F3N4O4. The molecule has 0 atom stereocenters. The maximum Gasteiger partial charge on any atom is 0.420 e. The van der Waals surface area contributed by atoms with E-state index >= 15 is 0 Å². The van der Waals surface area contributed by atoms with E-state index in [1.165, 1.54) is 43.2 Å². The van der Waals surface area contributed by atoms with E-state index in [2.05, 4.69) is 27.8 Å². The van der Waals surface area contributed by atoms with Crippen molar-refractivity contribution < 1.29 is 32.2 Å². The number of rotatable bonds is 13. The first-order chi connectivity index (χ1) is 22.1. The molecule has 0 aliphatic carbocycles. The number of amides is 3. The molecule has 4 rings (SSSR count). The monoisotopic (exact) mass is 640 g/mol. The van der Waals surface area contributed by atoms with Crippen LogP contribution in [0.4, 0.5) is 29.3 Å². The van der Waals surface area contributed by atoms with Crippen molar-refractivity contribution >= 4 is 23.3 Å². The first-order valence-corrected chi connectivity index (χ1v) is 15.9. The van der Waals surface area contributed by atoms with Crippen LogP contribution in [0.15, 0.2) is 66.7 Å². The Balaban J connectivity index is 1.35. The molecule has 0 radical (unpaired) electrons. The molecule has 0 unspecified atom stereocenters. The minimum atomic E-state index is -4.74. The highest BCUT2D eigenvalue weighted by Gasteiger charge is 2.35. The predicted octanol–water partition coefficient (Wildman–Crippen LogP) is 8.70. The Bertz CT molecular complexity index is 1420. The summed E-state index contributed by atoms with van der Waals surface area (Å²) in [5.41, 5.74) is -0.310. The van der Waals surface area contributed by atoms with Crippen molar-refractivity contribution in [3.8, 4) is 17.2 Å². The summed E-state index contributed by atoms with van der Waals surface area (Å²) in [7, 11) is 0. The second-order valence-corrected chi connectivity index (χ2v) is 11.4. The number of benzene rings is 3. The fourth-order valence-electron chi connectivity index (χ4n) is 5.21. The van der Waals surface area contributed by atoms with Crippen LogP contribution in [-0.2, 0) is 6.18 Å². The fraction of sp³-hybridized carbons (Fsp3) is 0.429. The van der Waals surface area contributed by atoms with Crippen LogP contribution in [0.5, 0.6) is 17.2 Å².